The molecule has 230 valence electrons. The Balaban J connectivity index is 1.15. The maximum atomic E-state index is 6.40. The molecule has 4 aromatic heterocycles. The summed E-state index contributed by atoms with van der Waals surface area (Å²) in [5.41, 5.74) is 7.27. The molecule has 0 aliphatic rings. The van der Waals surface area contributed by atoms with Gasteiger partial charge in [-0.1, -0.05) is 72.8 Å². The molecule has 0 bridgehead atoms. The number of rotatable bonds is 4. The predicted octanol–water partition coefficient (Wildman–Crippen LogP) is 14.1. The van der Waals surface area contributed by atoms with Crippen molar-refractivity contribution in [3.8, 4) is 10.6 Å². The quantitative estimate of drug-likeness (QED) is 0.185. The van der Waals surface area contributed by atoms with Gasteiger partial charge >= 0.3 is 0 Å². The van der Waals surface area contributed by atoms with Crippen LogP contribution in [-0.2, 0) is 0 Å². The lowest BCUT2D eigenvalue weighted by atomic mass is 10.1. The molecule has 0 atom stereocenters. The van der Waals surface area contributed by atoms with Crippen molar-refractivity contribution < 1.29 is 4.42 Å². The number of benzene rings is 7. The molecule has 0 unspecified atom stereocenters. The van der Waals surface area contributed by atoms with Crippen LogP contribution >= 0.6 is 34.0 Å². The van der Waals surface area contributed by atoms with Crippen molar-refractivity contribution >= 4 is 124 Å². The number of para-hydroxylation sites is 1. The zero-order valence-corrected chi connectivity index (χ0v) is 28.3. The SMILES string of the molecule is c1ccc(-c2nc3c(ccc4sc5ccc(N(c6ccc7c(c6)oc6ccccc67)c6ccc7c(c6)sc6ccccc67)cc5c43)s2)cc1. The fourth-order valence-electron chi connectivity index (χ4n) is 7.24. The number of thiazole rings is 1. The Morgan fingerprint density at radius 3 is 1.98 bits per heavy atom. The molecule has 3 nitrogen and oxygen atoms in total. The summed E-state index contributed by atoms with van der Waals surface area (Å²) in [6.07, 6.45) is 0. The van der Waals surface area contributed by atoms with E-state index in [0.29, 0.717) is 0 Å². The molecule has 0 N–H and O–H groups in total. The van der Waals surface area contributed by atoms with Crippen molar-refractivity contribution in [2.75, 3.05) is 4.90 Å². The first-order valence-corrected chi connectivity index (χ1v) is 18.6. The minimum absolute atomic E-state index is 0.881. The molecule has 0 saturated carbocycles. The van der Waals surface area contributed by atoms with Gasteiger partial charge in [0.05, 0.1) is 10.2 Å². The molecule has 6 heteroatoms. The Morgan fingerprint density at radius 2 is 1.06 bits per heavy atom. The molecule has 11 aromatic rings. The van der Waals surface area contributed by atoms with E-state index in [1.54, 1.807) is 11.3 Å². The minimum Gasteiger partial charge on any atom is -0.456 e. The van der Waals surface area contributed by atoms with Crippen LogP contribution in [0.25, 0.3) is 83.1 Å². The van der Waals surface area contributed by atoms with Gasteiger partial charge in [-0.25, -0.2) is 4.98 Å². The smallest absolute Gasteiger partial charge is 0.137 e. The van der Waals surface area contributed by atoms with Gasteiger partial charge < -0.3 is 9.32 Å². The van der Waals surface area contributed by atoms with E-state index in [2.05, 4.69) is 138 Å². The van der Waals surface area contributed by atoms with Crippen LogP contribution < -0.4 is 4.90 Å². The highest BCUT2D eigenvalue weighted by Gasteiger charge is 2.20. The predicted molar refractivity (Wildman–Crippen MR) is 213 cm³/mol. The van der Waals surface area contributed by atoms with Crippen molar-refractivity contribution in [1.82, 2.24) is 4.98 Å². The van der Waals surface area contributed by atoms with Crippen LogP contribution in [0, 0.1) is 0 Å². The first-order chi connectivity index (χ1) is 24.2. The third-order valence-electron chi connectivity index (χ3n) is 9.50. The molecule has 7 aromatic carbocycles. The van der Waals surface area contributed by atoms with Crippen LogP contribution in [0.2, 0.25) is 0 Å². The molecule has 0 fully saturated rings. The molecule has 49 heavy (non-hydrogen) atoms. The lowest BCUT2D eigenvalue weighted by Crippen LogP contribution is -2.09. The minimum atomic E-state index is 0.881. The Labute approximate surface area is 292 Å². The highest BCUT2D eigenvalue weighted by Crippen LogP contribution is 2.46. The van der Waals surface area contributed by atoms with Gasteiger partial charge in [0.1, 0.15) is 16.2 Å². The first-order valence-electron chi connectivity index (χ1n) is 16.2. The molecular formula is C43H24N2OS3. The van der Waals surface area contributed by atoms with Crippen LogP contribution in [0.4, 0.5) is 17.1 Å². The van der Waals surface area contributed by atoms with E-state index in [1.807, 2.05) is 34.8 Å². The summed E-state index contributed by atoms with van der Waals surface area (Å²) in [5.74, 6) is 0. The van der Waals surface area contributed by atoms with Gasteiger partial charge in [0, 0.05) is 79.8 Å². The largest absolute Gasteiger partial charge is 0.456 e. The Kier molecular flexibility index (Phi) is 5.87. The summed E-state index contributed by atoms with van der Waals surface area (Å²) in [4.78, 5) is 7.61. The number of anilines is 3. The van der Waals surface area contributed by atoms with Crippen LogP contribution in [0.1, 0.15) is 0 Å². The van der Waals surface area contributed by atoms with E-state index in [4.69, 9.17) is 9.40 Å². The molecule has 0 saturated heterocycles. The van der Waals surface area contributed by atoms with E-state index < -0.39 is 0 Å². The molecule has 4 heterocycles. The van der Waals surface area contributed by atoms with Crippen LogP contribution in [0.3, 0.4) is 0 Å². The number of hydrogen-bond donors (Lipinski definition) is 0. The van der Waals surface area contributed by atoms with Gasteiger partial charge in [0.15, 0.2) is 0 Å². The molecule has 0 spiro atoms. The lowest BCUT2D eigenvalue weighted by Gasteiger charge is -2.25. The standard InChI is InChI=1S/C43H24N2OS3/c1-2-8-25(9-3-1)43-44-42-39(49-43)21-20-38-41(42)33-22-26(16-19-37(33)47-38)45(27-14-17-30-29-10-4-6-12-34(29)46-35(30)23-27)28-15-18-32-31-11-5-7-13-36(31)48-40(32)24-28/h1-24H. The third-order valence-corrected chi connectivity index (χ3v) is 12.8. The summed E-state index contributed by atoms with van der Waals surface area (Å²) in [5, 5.41) is 8.36. The Bertz CT molecular complexity index is 2960. The van der Waals surface area contributed by atoms with Gasteiger partial charge in [0.2, 0.25) is 0 Å². The van der Waals surface area contributed by atoms with E-state index in [9.17, 15) is 0 Å². The lowest BCUT2D eigenvalue weighted by molar-refractivity contribution is 0.669. The van der Waals surface area contributed by atoms with Gasteiger partial charge in [-0.15, -0.1) is 34.0 Å². The Morgan fingerprint density at radius 1 is 0.429 bits per heavy atom. The number of furan rings is 1. The number of thiophene rings is 2. The van der Waals surface area contributed by atoms with Crippen molar-refractivity contribution in [1.29, 1.82) is 0 Å². The van der Waals surface area contributed by atoms with Crippen molar-refractivity contribution in [2.45, 2.75) is 0 Å². The number of aromatic nitrogens is 1. The molecule has 0 aliphatic heterocycles. The summed E-state index contributed by atoms with van der Waals surface area (Å²) in [7, 11) is 0. The van der Waals surface area contributed by atoms with Crippen molar-refractivity contribution in [3.05, 3.63) is 146 Å². The van der Waals surface area contributed by atoms with E-state index in [0.717, 1.165) is 55.1 Å². The molecular weight excluding hydrogens is 657 g/mol. The van der Waals surface area contributed by atoms with Crippen LogP contribution in [0.15, 0.2) is 150 Å². The average Bonchev–Trinajstić information content (AvgIpc) is 3.92. The number of hydrogen-bond acceptors (Lipinski definition) is 6. The average molecular weight is 681 g/mol. The summed E-state index contributed by atoms with van der Waals surface area (Å²) in [6, 6.07) is 52.3. The van der Waals surface area contributed by atoms with Crippen LogP contribution in [0.5, 0.6) is 0 Å². The fourth-order valence-corrected chi connectivity index (χ4v) is 10.4. The van der Waals surface area contributed by atoms with Gasteiger partial charge in [-0.3, -0.25) is 0 Å². The van der Waals surface area contributed by atoms with Gasteiger partial charge in [-0.05, 0) is 66.7 Å². The van der Waals surface area contributed by atoms with Gasteiger partial charge in [-0.2, -0.15) is 0 Å². The maximum Gasteiger partial charge on any atom is 0.137 e. The van der Waals surface area contributed by atoms with E-state index in [1.165, 1.54) is 45.0 Å². The molecule has 11 rings (SSSR count). The first kappa shape index (κ1) is 27.4. The summed E-state index contributed by atoms with van der Waals surface area (Å²) >= 11 is 5.44. The second-order valence-corrected chi connectivity index (χ2v) is 15.5. The van der Waals surface area contributed by atoms with E-state index >= 15 is 0 Å². The normalized spacial score (nSPS) is 12.1. The summed E-state index contributed by atoms with van der Waals surface area (Å²) < 4.78 is 12.7. The molecule has 0 radical (unpaired) electrons. The summed E-state index contributed by atoms with van der Waals surface area (Å²) in [6.45, 7) is 0. The maximum absolute atomic E-state index is 6.40. The van der Waals surface area contributed by atoms with E-state index in [-0.39, 0.29) is 0 Å². The second-order valence-electron chi connectivity index (χ2n) is 12.3. The topological polar surface area (TPSA) is 29.3 Å². The fraction of sp³-hybridized carbons (Fsp3) is 0. The third kappa shape index (κ3) is 4.21. The van der Waals surface area contributed by atoms with Crippen LogP contribution in [-0.4, -0.2) is 4.98 Å². The van der Waals surface area contributed by atoms with Crippen molar-refractivity contribution in [3.63, 3.8) is 0 Å². The van der Waals surface area contributed by atoms with Gasteiger partial charge in [0.25, 0.3) is 0 Å². The Hall–Kier alpha value is -5.53. The monoisotopic (exact) mass is 680 g/mol. The zero-order chi connectivity index (χ0) is 32.1. The number of fused-ring (bicyclic) bond motifs is 11. The molecule has 0 aliphatic carbocycles. The second kappa shape index (κ2) is 10.5. The highest BCUT2D eigenvalue weighted by molar-refractivity contribution is 7.26. The zero-order valence-electron chi connectivity index (χ0n) is 25.9. The van der Waals surface area contributed by atoms with Crippen molar-refractivity contribution in [2.24, 2.45) is 0 Å². The molecule has 0 amide bonds. The number of nitrogens with zero attached hydrogens (tertiary/aromatic N) is 2. The highest BCUT2D eigenvalue weighted by atomic mass is 32.1.